The van der Waals surface area contributed by atoms with Gasteiger partial charge in [0, 0.05) is 26.3 Å². The van der Waals surface area contributed by atoms with E-state index in [1.54, 1.807) is 31.2 Å². The number of pyridine rings is 1. The summed E-state index contributed by atoms with van der Waals surface area (Å²) in [5.41, 5.74) is 11.1. The van der Waals surface area contributed by atoms with Crippen LogP contribution in [0.2, 0.25) is 0 Å². The maximum atomic E-state index is 13.2. The Bertz CT molecular complexity index is 1650. The number of benzene rings is 1. The number of nitrogens with one attached hydrogen (secondary N) is 1. The molecule has 1 aromatic carbocycles. The molecule has 3 N–H and O–H groups in total. The van der Waals surface area contributed by atoms with E-state index in [9.17, 15) is 14.9 Å². The molecule has 1 atom stereocenters. The van der Waals surface area contributed by atoms with E-state index < -0.39 is 0 Å². The Labute approximate surface area is 224 Å². The number of imide groups is 1. The molecule has 39 heavy (non-hydrogen) atoms. The highest BCUT2D eigenvalue weighted by Crippen LogP contribution is 2.32. The Hall–Kier alpha value is -4.98. The fourth-order valence-electron chi connectivity index (χ4n) is 5.57. The van der Waals surface area contributed by atoms with Crippen LogP contribution in [0.4, 0.5) is 17.5 Å². The molecule has 4 aromatic rings. The van der Waals surface area contributed by atoms with Gasteiger partial charge in [0.15, 0.2) is 0 Å². The van der Waals surface area contributed by atoms with E-state index in [-0.39, 0.29) is 23.8 Å². The lowest BCUT2D eigenvalue weighted by Gasteiger charge is -2.38. The first-order chi connectivity index (χ1) is 18.9. The zero-order valence-corrected chi connectivity index (χ0v) is 21.7. The summed E-state index contributed by atoms with van der Waals surface area (Å²) in [6, 6.07) is 12.9. The third-order valence-electron chi connectivity index (χ3n) is 7.49. The van der Waals surface area contributed by atoms with Crippen LogP contribution in [0, 0.1) is 18.3 Å². The number of piperidine rings is 1. The number of nitriles is 1. The van der Waals surface area contributed by atoms with E-state index in [2.05, 4.69) is 32.3 Å². The van der Waals surface area contributed by atoms with E-state index in [0.717, 1.165) is 41.8 Å². The number of nitrogen functional groups attached to an aromatic ring is 1. The van der Waals surface area contributed by atoms with Gasteiger partial charge in [-0.3, -0.25) is 14.5 Å². The van der Waals surface area contributed by atoms with Gasteiger partial charge >= 0.3 is 0 Å². The molecule has 0 radical (unpaired) electrons. The molecule has 11 heteroatoms. The first-order valence-electron chi connectivity index (χ1n) is 12.8. The van der Waals surface area contributed by atoms with Crippen molar-refractivity contribution < 1.29 is 9.59 Å². The van der Waals surface area contributed by atoms with Gasteiger partial charge in [-0.05, 0) is 44.0 Å². The van der Waals surface area contributed by atoms with Gasteiger partial charge in [0.05, 0.1) is 51.8 Å². The number of amides is 2. The smallest absolute Gasteiger partial charge is 0.261 e. The average molecular weight is 522 g/mol. The summed E-state index contributed by atoms with van der Waals surface area (Å²) >= 11 is 0. The van der Waals surface area contributed by atoms with Gasteiger partial charge in [0.2, 0.25) is 5.95 Å². The maximum Gasteiger partial charge on any atom is 0.261 e. The van der Waals surface area contributed by atoms with Crippen molar-refractivity contribution in [2.24, 2.45) is 7.05 Å². The predicted octanol–water partition coefficient (Wildman–Crippen LogP) is 3.00. The van der Waals surface area contributed by atoms with Crippen LogP contribution in [-0.4, -0.2) is 55.4 Å². The zero-order chi connectivity index (χ0) is 27.3. The second-order valence-electron chi connectivity index (χ2n) is 9.91. The molecule has 1 fully saturated rings. The molecule has 6 rings (SSSR count). The summed E-state index contributed by atoms with van der Waals surface area (Å²) in [6.07, 6.45) is 3.51. The normalized spacial score (nSPS) is 17.0. The van der Waals surface area contributed by atoms with Gasteiger partial charge in [0.1, 0.15) is 17.5 Å². The summed E-state index contributed by atoms with van der Waals surface area (Å²) in [7, 11) is 1.97. The predicted molar refractivity (Wildman–Crippen MR) is 146 cm³/mol. The lowest BCUT2D eigenvalue weighted by Crippen LogP contribution is -2.50. The van der Waals surface area contributed by atoms with Crippen molar-refractivity contribution in [1.82, 2.24) is 24.4 Å². The van der Waals surface area contributed by atoms with Crippen molar-refractivity contribution in [3.05, 3.63) is 70.7 Å². The van der Waals surface area contributed by atoms with Crippen molar-refractivity contribution in [3.8, 4) is 6.07 Å². The van der Waals surface area contributed by atoms with Gasteiger partial charge in [0.25, 0.3) is 11.8 Å². The lowest BCUT2D eigenvalue weighted by atomic mass is 10.0. The molecule has 3 aromatic heterocycles. The number of hydrogen-bond acceptors (Lipinski definition) is 9. The molecule has 11 nitrogen and oxygen atoms in total. The maximum absolute atomic E-state index is 13.2. The molecule has 1 unspecified atom stereocenters. The standard InChI is InChI=1S/C28H27N9O2/c1-16-20(13-29)25(34-28(30)32-16)31-14-22-24(12-23-21(33-22)9-11-35(23)2)36-10-5-6-17(15-36)37-26(38)18-7-3-4-8-19(18)27(37)39/h3-4,7-9,11-12,17H,5-6,10,14-15H2,1-2H3,(H3,30,31,32,34). The number of aryl methyl sites for hydroxylation is 2. The molecule has 0 spiro atoms. The Morgan fingerprint density at radius 3 is 2.59 bits per heavy atom. The fourth-order valence-corrected chi connectivity index (χ4v) is 5.57. The van der Waals surface area contributed by atoms with Gasteiger partial charge < -0.3 is 20.5 Å². The number of aromatic nitrogens is 4. The monoisotopic (exact) mass is 521 g/mol. The number of anilines is 3. The van der Waals surface area contributed by atoms with Crippen molar-refractivity contribution in [2.75, 3.05) is 29.0 Å². The van der Waals surface area contributed by atoms with Crippen molar-refractivity contribution in [1.29, 1.82) is 5.26 Å². The number of carbonyl (C=O) groups is 2. The van der Waals surface area contributed by atoms with Crippen LogP contribution in [0.1, 0.15) is 50.5 Å². The summed E-state index contributed by atoms with van der Waals surface area (Å²) in [4.78, 5) is 43.3. The topological polar surface area (TPSA) is 146 Å². The van der Waals surface area contributed by atoms with Crippen LogP contribution in [0.5, 0.6) is 0 Å². The number of nitrogens with two attached hydrogens (primary N) is 1. The number of carbonyl (C=O) groups excluding carboxylic acids is 2. The van der Waals surface area contributed by atoms with E-state index in [1.807, 2.05) is 23.9 Å². The largest absolute Gasteiger partial charge is 0.368 e. The molecule has 2 amide bonds. The molecule has 0 aliphatic carbocycles. The van der Waals surface area contributed by atoms with Crippen LogP contribution in [0.15, 0.2) is 42.6 Å². The summed E-state index contributed by atoms with van der Waals surface area (Å²) in [5.74, 6) is -0.0336. The van der Waals surface area contributed by atoms with E-state index in [1.165, 1.54) is 4.90 Å². The molecular formula is C28H27N9O2. The average Bonchev–Trinajstić information content (AvgIpc) is 3.42. The molecule has 1 saturated heterocycles. The third-order valence-corrected chi connectivity index (χ3v) is 7.49. The van der Waals surface area contributed by atoms with Gasteiger partial charge in [-0.1, -0.05) is 12.1 Å². The minimum absolute atomic E-state index is 0.0838. The number of rotatable bonds is 5. The lowest BCUT2D eigenvalue weighted by molar-refractivity contribution is 0.0570. The molecule has 5 heterocycles. The van der Waals surface area contributed by atoms with E-state index in [0.29, 0.717) is 41.3 Å². The Morgan fingerprint density at radius 2 is 1.87 bits per heavy atom. The van der Waals surface area contributed by atoms with E-state index in [4.69, 9.17) is 10.7 Å². The SMILES string of the molecule is Cc1nc(N)nc(NCc2nc3ccn(C)c3cc2N2CCCC(N3C(=O)c4ccccc4C3=O)C2)c1C#N. The Kier molecular flexibility index (Phi) is 5.87. The highest BCUT2D eigenvalue weighted by atomic mass is 16.2. The zero-order valence-electron chi connectivity index (χ0n) is 21.7. The summed E-state index contributed by atoms with van der Waals surface area (Å²) < 4.78 is 2.01. The summed E-state index contributed by atoms with van der Waals surface area (Å²) in [6.45, 7) is 3.26. The van der Waals surface area contributed by atoms with Crippen molar-refractivity contribution >= 4 is 40.3 Å². The molecule has 0 saturated carbocycles. The molecule has 2 aliphatic rings. The number of nitrogens with zero attached hydrogens (tertiary/aromatic N) is 7. The first kappa shape index (κ1) is 24.4. The molecule has 2 aliphatic heterocycles. The van der Waals surface area contributed by atoms with Crippen LogP contribution >= 0.6 is 0 Å². The second-order valence-corrected chi connectivity index (χ2v) is 9.91. The second kappa shape index (κ2) is 9.40. The Morgan fingerprint density at radius 1 is 1.13 bits per heavy atom. The van der Waals surface area contributed by atoms with Gasteiger partial charge in [-0.25, -0.2) is 9.97 Å². The highest BCUT2D eigenvalue weighted by Gasteiger charge is 2.41. The molecule has 196 valence electrons. The number of fused-ring (bicyclic) bond motifs is 2. The van der Waals surface area contributed by atoms with Crippen LogP contribution in [-0.2, 0) is 13.6 Å². The number of hydrogen-bond donors (Lipinski definition) is 2. The molecule has 0 bridgehead atoms. The molecular weight excluding hydrogens is 494 g/mol. The summed E-state index contributed by atoms with van der Waals surface area (Å²) in [5, 5.41) is 12.9. The first-order valence-corrected chi connectivity index (χ1v) is 12.8. The van der Waals surface area contributed by atoms with Crippen LogP contribution in [0.3, 0.4) is 0 Å². The third kappa shape index (κ3) is 4.10. The van der Waals surface area contributed by atoms with Crippen LogP contribution in [0.25, 0.3) is 11.0 Å². The van der Waals surface area contributed by atoms with E-state index >= 15 is 0 Å². The fraction of sp³-hybridized carbons (Fsp3) is 0.286. The van der Waals surface area contributed by atoms with Crippen molar-refractivity contribution in [2.45, 2.75) is 32.4 Å². The highest BCUT2D eigenvalue weighted by molar-refractivity contribution is 6.21. The van der Waals surface area contributed by atoms with Gasteiger partial charge in [-0.15, -0.1) is 0 Å². The van der Waals surface area contributed by atoms with Crippen LogP contribution < -0.4 is 16.0 Å². The minimum Gasteiger partial charge on any atom is -0.368 e. The quantitative estimate of drug-likeness (QED) is 0.378. The Balaban J connectivity index is 1.33. The van der Waals surface area contributed by atoms with Gasteiger partial charge in [-0.2, -0.15) is 10.2 Å². The van der Waals surface area contributed by atoms with Crippen molar-refractivity contribution in [3.63, 3.8) is 0 Å². The minimum atomic E-state index is -0.259.